The molecular formula is C23H25F3N6O3. The highest BCUT2D eigenvalue weighted by Crippen LogP contribution is 2.37. The van der Waals surface area contributed by atoms with Crippen molar-refractivity contribution in [3.63, 3.8) is 0 Å². The van der Waals surface area contributed by atoms with E-state index in [-0.39, 0.29) is 23.6 Å². The summed E-state index contributed by atoms with van der Waals surface area (Å²) in [5, 5.41) is 5.23. The van der Waals surface area contributed by atoms with E-state index in [1.54, 1.807) is 0 Å². The number of para-hydroxylation sites is 1. The average molecular weight is 490 g/mol. The fourth-order valence-electron chi connectivity index (χ4n) is 2.71. The summed E-state index contributed by atoms with van der Waals surface area (Å²) in [6, 6.07) is 4.64. The molecule has 1 aliphatic carbocycles. The van der Waals surface area contributed by atoms with Gasteiger partial charge in [0.25, 0.3) is 5.91 Å². The summed E-state index contributed by atoms with van der Waals surface area (Å²) < 4.78 is 44.6. The number of rotatable bonds is 11. The first kappa shape index (κ1) is 26.9. The fraction of sp³-hybridized carbons (Fsp3) is 0.217. The Morgan fingerprint density at radius 3 is 2.43 bits per heavy atom. The summed E-state index contributed by atoms with van der Waals surface area (Å²) in [7, 11) is 0. The van der Waals surface area contributed by atoms with Gasteiger partial charge in [-0.05, 0) is 25.0 Å². The minimum absolute atomic E-state index is 0.0613. The zero-order chi connectivity index (χ0) is 26.1. The van der Waals surface area contributed by atoms with Crippen molar-refractivity contribution in [2.45, 2.75) is 24.6 Å². The Bertz CT molecular complexity index is 1100. The SMILES string of the molecule is C=CN=C/C(=C\N)C(=O)NC1(C(=O)NCC(=C)N=C/C(=C\N)Oc2ccccc2C(F)(F)F)CC1. The van der Waals surface area contributed by atoms with Gasteiger partial charge < -0.3 is 26.8 Å². The molecule has 0 spiro atoms. The fourth-order valence-corrected chi connectivity index (χ4v) is 2.71. The van der Waals surface area contributed by atoms with E-state index in [0.29, 0.717) is 12.8 Å². The molecule has 186 valence electrons. The normalized spacial score (nSPS) is 15.6. The summed E-state index contributed by atoms with van der Waals surface area (Å²) in [5.41, 5.74) is 9.01. The first-order chi connectivity index (χ1) is 16.6. The molecule has 1 aromatic rings. The zero-order valence-electron chi connectivity index (χ0n) is 18.6. The van der Waals surface area contributed by atoms with Gasteiger partial charge in [0.15, 0.2) is 5.76 Å². The van der Waals surface area contributed by atoms with Crippen LogP contribution < -0.4 is 26.8 Å². The van der Waals surface area contributed by atoms with E-state index < -0.39 is 34.8 Å². The van der Waals surface area contributed by atoms with Crippen molar-refractivity contribution < 1.29 is 27.5 Å². The molecule has 0 heterocycles. The lowest BCUT2D eigenvalue weighted by Gasteiger charge is -2.17. The molecule has 0 atom stereocenters. The molecule has 0 radical (unpaired) electrons. The predicted octanol–water partition coefficient (Wildman–Crippen LogP) is 2.29. The van der Waals surface area contributed by atoms with Gasteiger partial charge in [0.2, 0.25) is 5.91 Å². The van der Waals surface area contributed by atoms with Gasteiger partial charge in [-0.25, -0.2) is 0 Å². The van der Waals surface area contributed by atoms with Crippen LogP contribution in [-0.2, 0) is 15.8 Å². The predicted molar refractivity (Wildman–Crippen MR) is 126 cm³/mol. The van der Waals surface area contributed by atoms with E-state index in [9.17, 15) is 22.8 Å². The summed E-state index contributed by atoms with van der Waals surface area (Å²) in [4.78, 5) is 32.6. The summed E-state index contributed by atoms with van der Waals surface area (Å²) in [6.45, 7) is 6.99. The maximum atomic E-state index is 13.1. The van der Waals surface area contributed by atoms with Gasteiger partial charge >= 0.3 is 6.18 Å². The molecule has 0 aromatic heterocycles. The van der Waals surface area contributed by atoms with Crippen molar-refractivity contribution in [3.05, 3.63) is 78.6 Å². The molecule has 12 heteroatoms. The lowest BCUT2D eigenvalue weighted by atomic mass is 10.2. The van der Waals surface area contributed by atoms with Crippen LogP contribution in [0.1, 0.15) is 18.4 Å². The van der Waals surface area contributed by atoms with Crippen molar-refractivity contribution in [1.29, 1.82) is 0 Å². The number of allylic oxidation sites excluding steroid dienone is 1. The molecule has 0 bridgehead atoms. The Morgan fingerprint density at radius 1 is 1.17 bits per heavy atom. The maximum Gasteiger partial charge on any atom is 0.419 e. The highest BCUT2D eigenvalue weighted by molar-refractivity contribution is 6.13. The quantitative estimate of drug-likeness (QED) is 0.214. The lowest BCUT2D eigenvalue weighted by molar-refractivity contribution is -0.138. The van der Waals surface area contributed by atoms with Gasteiger partial charge in [-0.2, -0.15) is 13.2 Å². The number of nitrogens with two attached hydrogens (primary N) is 2. The van der Waals surface area contributed by atoms with E-state index in [2.05, 4.69) is 33.8 Å². The van der Waals surface area contributed by atoms with Gasteiger partial charge in [0, 0.05) is 24.8 Å². The molecule has 0 unspecified atom stereocenters. The molecule has 35 heavy (non-hydrogen) atoms. The Labute approximate surface area is 199 Å². The Kier molecular flexibility index (Phi) is 8.98. The number of halogens is 3. The van der Waals surface area contributed by atoms with Crippen LogP contribution in [0, 0.1) is 0 Å². The van der Waals surface area contributed by atoms with Gasteiger partial charge in [-0.3, -0.25) is 19.6 Å². The van der Waals surface area contributed by atoms with E-state index in [4.69, 9.17) is 16.2 Å². The van der Waals surface area contributed by atoms with E-state index in [1.807, 2.05) is 0 Å². The van der Waals surface area contributed by atoms with Crippen LogP contribution in [0.5, 0.6) is 5.75 Å². The van der Waals surface area contributed by atoms with Crippen LogP contribution in [0.15, 0.2) is 83.0 Å². The lowest BCUT2D eigenvalue weighted by Crippen LogP contribution is -2.49. The Hall–Kier alpha value is -4.35. The van der Waals surface area contributed by atoms with E-state index in [1.165, 1.54) is 24.5 Å². The van der Waals surface area contributed by atoms with Crippen molar-refractivity contribution >= 4 is 24.2 Å². The number of hydrogen-bond acceptors (Lipinski definition) is 7. The highest BCUT2D eigenvalue weighted by Gasteiger charge is 2.51. The molecule has 1 aliphatic rings. The van der Waals surface area contributed by atoms with Crippen LogP contribution in [-0.4, -0.2) is 36.3 Å². The number of hydrogen-bond donors (Lipinski definition) is 4. The molecular weight excluding hydrogens is 465 g/mol. The van der Waals surface area contributed by atoms with Crippen molar-refractivity contribution in [2.75, 3.05) is 6.54 Å². The minimum atomic E-state index is -4.62. The molecule has 2 amide bonds. The van der Waals surface area contributed by atoms with Gasteiger partial charge in [-0.1, -0.05) is 25.3 Å². The van der Waals surface area contributed by atoms with Crippen LogP contribution in [0.4, 0.5) is 13.2 Å². The molecule has 6 N–H and O–H groups in total. The van der Waals surface area contributed by atoms with E-state index >= 15 is 0 Å². The Balaban J connectivity index is 1.94. The second-order valence-corrected chi connectivity index (χ2v) is 7.29. The number of aliphatic imine (C=N–C) groups is 2. The highest BCUT2D eigenvalue weighted by atomic mass is 19.4. The number of amides is 2. The van der Waals surface area contributed by atoms with Crippen LogP contribution in [0.3, 0.4) is 0 Å². The second kappa shape index (κ2) is 11.7. The molecule has 1 saturated carbocycles. The summed E-state index contributed by atoms with van der Waals surface area (Å²) in [6.07, 6.45) is 1.74. The molecule has 1 fully saturated rings. The monoisotopic (exact) mass is 490 g/mol. The third kappa shape index (κ3) is 7.59. The topological polar surface area (TPSA) is 144 Å². The third-order valence-electron chi connectivity index (χ3n) is 4.71. The number of ether oxygens (including phenoxy) is 1. The zero-order valence-corrected chi connectivity index (χ0v) is 18.6. The minimum Gasteiger partial charge on any atom is -0.454 e. The first-order valence-electron chi connectivity index (χ1n) is 10.2. The van der Waals surface area contributed by atoms with Gasteiger partial charge in [0.1, 0.15) is 11.3 Å². The Morgan fingerprint density at radius 2 is 1.86 bits per heavy atom. The molecule has 2 rings (SSSR count). The number of carbonyl (C=O) groups is 2. The molecule has 1 aromatic carbocycles. The van der Waals surface area contributed by atoms with Gasteiger partial charge in [-0.15, -0.1) is 0 Å². The smallest absolute Gasteiger partial charge is 0.419 e. The second-order valence-electron chi connectivity index (χ2n) is 7.29. The third-order valence-corrected chi connectivity index (χ3v) is 4.71. The van der Waals surface area contributed by atoms with Crippen molar-refractivity contribution in [3.8, 4) is 5.75 Å². The van der Waals surface area contributed by atoms with Crippen LogP contribution in [0.25, 0.3) is 0 Å². The van der Waals surface area contributed by atoms with Crippen molar-refractivity contribution in [2.24, 2.45) is 21.5 Å². The average Bonchev–Trinajstić information content (AvgIpc) is 3.60. The summed E-state index contributed by atoms with van der Waals surface area (Å²) in [5.74, 6) is -1.64. The molecule has 9 nitrogen and oxygen atoms in total. The number of carbonyl (C=O) groups excluding carboxylic acids is 2. The standard InChI is InChI=1S/C23H25F3N6O3/c1-3-29-13-16(10-27)20(33)32-22(8-9-22)21(34)31-12-15(2)30-14-17(11-28)35-19-7-5-4-6-18(19)23(24,25)26/h3-7,10-11,13-14H,1-2,8-9,12,27-28H2,(H,31,34)(H,32,33)/b16-10+,17-11+,29-13?,30-14?. The van der Waals surface area contributed by atoms with Crippen molar-refractivity contribution in [1.82, 2.24) is 10.6 Å². The number of alkyl halides is 3. The molecule has 0 saturated heterocycles. The van der Waals surface area contributed by atoms with Crippen LogP contribution in [0.2, 0.25) is 0 Å². The maximum absolute atomic E-state index is 13.1. The molecule has 0 aliphatic heterocycles. The largest absolute Gasteiger partial charge is 0.454 e. The van der Waals surface area contributed by atoms with Crippen LogP contribution >= 0.6 is 0 Å². The number of benzene rings is 1. The number of nitrogens with zero attached hydrogens (tertiary/aromatic N) is 2. The van der Waals surface area contributed by atoms with E-state index in [0.717, 1.165) is 30.7 Å². The number of nitrogens with one attached hydrogen (secondary N) is 2. The van der Waals surface area contributed by atoms with Gasteiger partial charge in [0.05, 0.1) is 29.6 Å². The summed E-state index contributed by atoms with van der Waals surface area (Å²) >= 11 is 0. The first-order valence-corrected chi connectivity index (χ1v) is 10.2.